The molecule has 1 heterocycles. The summed E-state index contributed by atoms with van der Waals surface area (Å²) in [6, 6.07) is 0. The summed E-state index contributed by atoms with van der Waals surface area (Å²) in [7, 11) is 4.31. The minimum atomic E-state index is 0.0361. The van der Waals surface area contributed by atoms with Gasteiger partial charge in [-0.2, -0.15) is 0 Å². The third-order valence-electron chi connectivity index (χ3n) is 6.82. The molecule has 0 aromatic heterocycles. The fourth-order valence-electron chi connectivity index (χ4n) is 5.38. The van der Waals surface area contributed by atoms with Crippen molar-refractivity contribution in [2.75, 3.05) is 40.3 Å². The van der Waals surface area contributed by atoms with E-state index in [-0.39, 0.29) is 5.41 Å². The smallest absolute Gasteiger partial charge is 0.139 e. The lowest BCUT2D eigenvalue weighted by Gasteiger charge is -2.44. The van der Waals surface area contributed by atoms with Crippen molar-refractivity contribution >= 4 is 5.78 Å². The first kappa shape index (κ1) is 20.9. The average molecular weight is 351 g/mol. The molecule has 2 rings (SSSR count). The highest BCUT2D eigenvalue weighted by atomic mass is 16.1. The number of hydrogen-bond donors (Lipinski definition) is 0. The van der Waals surface area contributed by atoms with Gasteiger partial charge in [0.1, 0.15) is 5.78 Å². The first-order chi connectivity index (χ1) is 12.0. The Morgan fingerprint density at radius 3 is 2.32 bits per heavy atom. The molecule has 1 aliphatic heterocycles. The predicted octanol–water partition coefficient (Wildman–Crippen LogP) is 4.75. The van der Waals surface area contributed by atoms with E-state index in [2.05, 4.69) is 37.7 Å². The van der Waals surface area contributed by atoms with Gasteiger partial charge in [0, 0.05) is 18.4 Å². The fraction of sp³-hybridized carbons (Fsp3) is 0.955. The van der Waals surface area contributed by atoms with Gasteiger partial charge in [0.05, 0.1) is 0 Å². The maximum absolute atomic E-state index is 13.1. The number of rotatable bonds is 10. The second-order valence-corrected chi connectivity index (χ2v) is 9.27. The molecule has 2 fully saturated rings. The molecule has 0 aromatic carbocycles. The van der Waals surface area contributed by atoms with E-state index in [1.54, 1.807) is 0 Å². The van der Waals surface area contributed by atoms with E-state index in [0.717, 1.165) is 38.5 Å². The van der Waals surface area contributed by atoms with Crippen molar-refractivity contribution < 1.29 is 4.79 Å². The number of likely N-dealkylation sites (tertiary alicyclic amines) is 1. The van der Waals surface area contributed by atoms with Crippen molar-refractivity contribution in [3.8, 4) is 0 Å². The molecule has 2 aliphatic rings. The van der Waals surface area contributed by atoms with Crippen molar-refractivity contribution in [3.63, 3.8) is 0 Å². The monoisotopic (exact) mass is 350 g/mol. The number of ketones is 1. The highest BCUT2D eigenvalue weighted by molar-refractivity contribution is 5.86. The second-order valence-electron chi connectivity index (χ2n) is 9.27. The van der Waals surface area contributed by atoms with Gasteiger partial charge >= 0.3 is 0 Å². The van der Waals surface area contributed by atoms with Crippen molar-refractivity contribution in [1.82, 2.24) is 9.80 Å². The van der Waals surface area contributed by atoms with E-state index in [1.165, 1.54) is 58.3 Å². The molecule has 25 heavy (non-hydrogen) atoms. The summed E-state index contributed by atoms with van der Waals surface area (Å²) >= 11 is 0. The average Bonchev–Trinajstić information content (AvgIpc) is 2.94. The van der Waals surface area contributed by atoms with Gasteiger partial charge in [-0.15, -0.1) is 0 Å². The molecular formula is C22H42N2O. The van der Waals surface area contributed by atoms with Crippen LogP contribution < -0.4 is 0 Å². The van der Waals surface area contributed by atoms with Gasteiger partial charge in [-0.25, -0.2) is 0 Å². The van der Waals surface area contributed by atoms with Crippen LogP contribution in [-0.4, -0.2) is 55.9 Å². The van der Waals surface area contributed by atoms with E-state index in [1.807, 2.05) is 0 Å². The van der Waals surface area contributed by atoms with Gasteiger partial charge in [0.2, 0.25) is 0 Å². The molecule has 1 unspecified atom stereocenters. The molecule has 0 aromatic rings. The zero-order valence-corrected chi connectivity index (χ0v) is 17.4. The molecule has 3 heteroatoms. The van der Waals surface area contributed by atoms with Gasteiger partial charge in [-0.1, -0.05) is 33.1 Å². The van der Waals surface area contributed by atoms with Crippen LogP contribution in [0.3, 0.4) is 0 Å². The predicted molar refractivity (Wildman–Crippen MR) is 107 cm³/mol. The minimum Gasteiger partial charge on any atom is -0.309 e. The van der Waals surface area contributed by atoms with E-state index >= 15 is 0 Å². The summed E-state index contributed by atoms with van der Waals surface area (Å²) in [6.45, 7) is 9.31. The van der Waals surface area contributed by atoms with Crippen LogP contribution in [-0.2, 0) is 4.79 Å². The largest absolute Gasteiger partial charge is 0.309 e. The van der Waals surface area contributed by atoms with Crippen LogP contribution in [0.5, 0.6) is 0 Å². The summed E-state index contributed by atoms with van der Waals surface area (Å²) in [5, 5.41) is 0. The van der Waals surface area contributed by atoms with Crippen LogP contribution in [0, 0.1) is 10.8 Å². The van der Waals surface area contributed by atoms with Crippen molar-refractivity contribution in [3.05, 3.63) is 0 Å². The molecule has 1 aliphatic carbocycles. The molecule has 3 nitrogen and oxygen atoms in total. The van der Waals surface area contributed by atoms with Crippen LogP contribution in [0.25, 0.3) is 0 Å². The number of unbranched alkanes of at least 4 members (excludes halogenated alkanes) is 2. The van der Waals surface area contributed by atoms with E-state index in [9.17, 15) is 4.79 Å². The molecule has 0 N–H and O–H groups in total. The van der Waals surface area contributed by atoms with E-state index in [4.69, 9.17) is 0 Å². The third-order valence-corrected chi connectivity index (χ3v) is 6.82. The lowest BCUT2D eigenvalue weighted by atomic mass is 9.59. The van der Waals surface area contributed by atoms with Crippen LogP contribution in [0.15, 0.2) is 0 Å². The van der Waals surface area contributed by atoms with Crippen molar-refractivity contribution in [2.24, 2.45) is 10.8 Å². The lowest BCUT2D eigenvalue weighted by Crippen LogP contribution is -2.43. The van der Waals surface area contributed by atoms with Gasteiger partial charge in [0.25, 0.3) is 0 Å². The maximum Gasteiger partial charge on any atom is 0.139 e. The Hall–Kier alpha value is -0.410. The minimum absolute atomic E-state index is 0.0361. The topological polar surface area (TPSA) is 23.6 Å². The fourth-order valence-corrected chi connectivity index (χ4v) is 5.38. The normalized spacial score (nSPS) is 26.8. The Balaban J connectivity index is 1.80. The number of nitrogens with zero attached hydrogens (tertiary/aromatic N) is 2. The van der Waals surface area contributed by atoms with E-state index in [0.29, 0.717) is 11.2 Å². The molecule has 1 atom stereocenters. The van der Waals surface area contributed by atoms with Crippen molar-refractivity contribution in [2.45, 2.75) is 84.5 Å². The highest BCUT2D eigenvalue weighted by Crippen LogP contribution is 2.51. The van der Waals surface area contributed by atoms with Crippen LogP contribution >= 0.6 is 0 Å². The summed E-state index contributed by atoms with van der Waals surface area (Å²) in [6.07, 6.45) is 13.0. The van der Waals surface area contributed by atoms with Gasteiger partial charge in [-0.05, 0) is 84.1 Å². The van der Waals surface area contributed by atoms with E-state index < -0.39 is 0 Å². The Kier molecular flexibility index (Phi) is 7.94. The van der Waals surface area contributed by atoms with Crippen LogP contribution in [0.4, 0.5) is 0 Å². The SMILES string of the molecule is CCCC1(CCC)CCC2(CCN(CCCCCN(C)C)C2)CC1=O. The molecule has 1 saturated heterocycles. The highest BCUT2D eigenvalue weighted by Gasteiger charge is 2.49. The molecule has 146 valence electrons. The molecule has 1 saturated carbocycles. The molecular weight excluding hydrogens is 308 g/mol. The standard InChI is InChI=1S/C22H42N2O/c1-5-10-22(11-6-2)13-12-21(18-20(22)25)14-17-24(19-21)16-9-7-8-15-23(3)4/h5-19H2,1-4H3. The number of hydrogen-bond acceptors (Lipinski definition) is 3. The first-order valence-corrected chi connectivity index (χ1v) is 10.9. The Bertz CT molecular complexity index is 414. The van der Waals surface area contributed by atoms with Crippen LogP contribution in [0.1, 0.15) is 84.5 Å². The Morgan fingerprint density at radius 1 is 1.00 bits per heavy atom. The number of carbonyl (C=O) groups excluding carboxylic acids is 1. The summed E-state index contributed by atoms with van der Waals surface area (Å²) in [4.78, 5) is 18.0. The van der Waals surface area contributed by atoms with Crippen LogP contribution in [0.2, 0.25) is 0 Å². The maximum atomic E-state index is 13.1. The van der Waals surface area contributed by atoms with Gasteiger partial charge in [-0.3, -0.25) is 4.79 Å². The Labute approximate surface area is 156 Å². The molecule has 1 spiro atoms. The zero-order chi connectivity index (χ0) is 18.3. The molecule has 0 amide bonds. The third kappa shape index (κ3) is 5.53. The number of Topliss-reactive ketones (excluding diaryl/α,β-unsaturated/α-hetero) is 1. The first-order valence-electron chi connectivity index (χ1n) is 10.9. The summed E-state index contributed by atoms with van der Waals surface area (Å²) < 4.78 is 0. The number of carbonyl (C=O) groups is 1. The van der Waals surface area contributed by atoms with Gasteiger partial charge in [0.15, 0.2) is 0 Å². The summed E-state index contributed by atoms with van der Waals surface area (Å²) in [5.74, 6) is 0.607. The summed E-state index contributed by atoms with van der Waals surface area (Å²) in [5.41, 5.74) is 0.361. The lowest BCUT2D eigenvalue weighted by molar-refractivity contribution is -0.137. The quantitative estimate of drug-likeness (QED) is 0.531. The van der Waals surface area contributed by atoms with Crippen molar-refractivity contribution in [1.29, 1.82) is 0 Å². The Morgan fingerprint density at radius 2 is 1.72 bits per heavy atom. The van der Waals surface area contributed by atoms with Gasteiger partial charge < -0.3 is 9.80 Å². The molecule has 0 bridgehead atoms. The molecule has 0 radical (unpaired) electrons. The second kappa shape index (κ2) is 9.50. The zero-order valence-electron chi connectivity index (χ0n) is 17.4.